The molecule has 0 unspecified atom stereocenters. The fraction of sp³-hybridized carbons (Fsp3) is 0.250. The topological polar surface area (TPSA) is 98.8 Å². The van der Waals surface area contributed by atoms with E-state index in [0.29, 0.717) is 36.9 Å². The zero-order valence-electron chi connectivity index (χ0n) is 18.0. The fourth-order valence-corrected chi connectivity index (χ4v) is 4.05. The lowest BCUT2D eigenvalue weighted by Crippen LogP contribution is -2.40. The van der Waals surface area contributed by atoms with Gasteiger partial charge in [0.05, 0.1) is 23.9 Å². The Hall–Kier alpha value is -4.14. The normalized spacial score (nSPS) is 14.4. The summed E-state index contributed by atoms with van der Waals surface area (Å²) >= 11 is 0. The molecule has 1 aromatic carbocycles. The van der Waals surface area contributed by atoms with Gasteiger partial charge in [-0.1, -0.05) is 18.2 Å². The van der Waals surface area contributed by atoms with Gasteiger partial charge in [-0.2, -0.15) is 9.90 Å². The van der Waals surface area contributed by atoms with E-state index in [1.807, 2.05) is 47.4 Å². The number of para-hydroxylation sites is 1. The molecule has 9 nitrogen and oxygen atoms in total. The minimum atomic E-state index is -0.115. The average molecular weight is 441 g/mol. The van der Waals surface area contributed by atoms with Crippen molar-refractivity contribution in [3.05, 3.63) is 89.5 Å². The Kier molecular flexibility index (Phi) is 5.75. The predicted octanol–water partition coefficient (Wildman–Crippen LogP) is 2.44. The van der Waals surface area contributed by atoms with Gasteiger partial charge >= 0.3 is 0 Å². The Morgan fingerprint density at radius 1 is 1.03 bits per heavy atom. The molecule has 166 valence electrons. The average Bonchev–Trinajstić information content (AvgIpc) is 3.37. The summed E-state index contributed by atoms with van der Waals surface area (Å²) < 4.78 is 1.65. The molecule has 1 amide bonds. The number of aromatic nitrogens is 6. The van der Waals surface area contributed by atoms with Crippen molar-refractivity contribution in [1.29, 1.82) is 0 Å². The SMILES string of the molecule is O=C(c1cnn(-c2ccccc2)n1)N1CCC(Cn2cnc(-c3ccncc3)cc2=O)CC1. The Morgan fingerprint density at radius 3 is 2.52 bits per heavy atom. The largest absolute Gasteiger partial charge is 0.337 e. The molecule has 0 bridgehead atoms. The standard InChI is InChI=1S/C24H23N7O2/c32-23-14-21(19-6-10-25-11-7-19)26-17-30(23)16-18-8-12-29(13-9-18)24(33)22-15-27-31(28-22)20-4-2-1-3-5-20/h1-7,10-11,14-15,17-18H,8-9,12-13,16H2. The van der Waals surface area contributed by atoms with E-state index >= 15 is 0 Å². The third-order valence-corrected chi connectivity index (χ3v) is 5.91. The lowest BCUT2D eigenvalue weighted by molar-refractivity contribution is 0.0676. The first-order valence-corrected chi connectivity index (χ1v) is 10.9. The van der Waals surface area contributed by atoms with Gasteiger partial charge in [0.15, 0.2) is 5.69 Å². The second kappa shape index (κ2) is 9.15. The van der Waals surface area contributed by atoms with Crippen molar-refractivity contribution >= 4 is 5.91 Å². The van der Waals surface area contributed by atoms with Gasteiger partial charge in [-0.3, -0.25) is 19.1 Å². The highest BCUT2D eigenvalue weighted by Crippen LogP contribution is 2.20. The van der Waals surface area contributed by atoms with Crippen LogP contribution < -0.4 is 5.56 Å². The molecule has 9 heteroatoms. The number of amides is 1. The Morgan fingerprint density at radius 2 is 1.79 bits per heavy atom. The summed E-state index contributed by atoms with van der Waals surface area (Å²) in [5.41, 5.74) is 2.58. The second-order valence-electron chi connectivity index (χ2n) is 8.09. The third kappa shape index (κ3) is 4.57. The third-order valence-electron chi connectivity index (χ3n) is 5.91. The number of hydrogen-bond donors (Lipinski definition) is 0. The van der Waals surface area contributed by atoms with Crippen LogP contribution in [0.4, 0.5) is 0 Å². The summed E-state index contributed by atoms with van der Waals surface area (Å²) in [5.74, 6) is 0.191. The van der Waals surface area contributed by atoms with Crippen LogP contribution >= 0.6 is 0 Å². The minimum absolute atomic E-state index is 0.0761. The van der Waals surface area contributed by atoms with E-state index in [9.17, 15) is 9.59 Å². The van der Waals surface area contributed by atoms with E-state index < -0.39 is 0 Å². The number of nitrogens with zero attached hydrogens (tertiary/aromatic N) is 7. The van der Waals surface area contributed by atoms with Gasteiger partial charge in [-0.15, -0.1) is 5.10 Å². The molecule has 5 rings (SSSR count). The van der Waals surface area contributed by atoms with E-state index in [1.165, 1.54) is 11.0 Å². The molecular formula is C24H23N7O2. The number of piperidine rings is 1. The molecule has 1 saturated heterocycles. The number of carbonyl (C=O) groups excluding carboxylic acids is 1. The van der Waals surface area contributed by atoms with Gasteiger partial charge in [0.2, 0.25) is 0 Å². The fourth-order valence-electron chi connectivity index (χ4n) is 4.05. The van der Waals surface area contributed by atoms with Crippen LogP contribution in [0.2, 0.25) is 0 Å². The summed E-state index contributed by atoms with van der Waals surface area (Å²) in [6.45, 7) is 1.84. The number of likely N-dealkylation sites (tertiary alicyclic amines) is 1. The summed E-state index contributed by atoms with van der Waals surface area (Å²) in [4.78, 5) is 37.2. The highest BCUT2D eigenvalue weighted by atomic mass is 16.2. The molecule has 1 fully saturated rings. The van der Waals surface area contributed by atoms with Crippen LogP contribution in [-0.4, -0.2) is 53.4 Å². The molecule has 3 aromatic heterocycles. The van der Waals surface area contributed by atoms with Gasteiger partial charge in [-0.05, 0) is 43.0 Å². The van der Waals surface area contributed by atoms with Gasteiger partial charge in [0, 0.05) is 43.7 Å². The lowest BCUT2D eigenvalue weighted by atomic mass is 9.96. The molecule has 0 N–H and O–H groups in total. The molecular weight excluding hydrogens is 418 g/mol. The highest BCUT2D eigenvalue weighted by molar-refractivity contribution is 5.92. The minimum Gasteiger partial charge on any atom is -0.337 e. The predicted molar refractivity (Wildman–Crippen MR) is 122 cm³/mol. The summed E-state index contributed by atoms with van der Waals surface area (Å²) in [6.07, 6.45) is 8.11. The van der Waals surface area contributed by atoms with Crippen molar-refractivity contribution in [1.82, 2.24) is 34.4 Å². The highest BCUT2D eigenvalue weighted by Gasteiger charge is 2.26. The quantitative estimate of drug-likeness (QED) is 0.472. The van der Waals surface area contributed by atoms with E-state index in [2.05, 4.69) is 20.2 Å². The van der Waals surface area contributed by atoms with Crippen molar-refractivity contribution in [2.24, 2.45) is 5.92 Å². The maximum atomic E-state index is 12.9. The van der Waals surface area contributed by atoms with Crippen LogP contribution in [0.3, 0.4) is 0 Å². The summed E-state index contributed by atoms with van der Waals surface area (Å²) in [6, 6.07) is 14.7. The first-order valence-electron chi connectivity index (χ1n) is 10.9. The van der Waals surface area contributed by atoms with Crippen molar-refractivity contribution in [2.45, 2.75) is 19.4 Å². The number of hydrogen-bond acceptors (Lipinski definition) is 6. The van der Waals surface area contributed by atoms with Crippen molar-refractivity contribution in [3.63, 3.8) is 0 Å². The molecule has 0 atom stereocenters. The van der Waals surface area contributed by atoms with Crippen molar-refractivity contribution < 1.29 is 4.79 Å². The van der Waals surface area contributed by atoms with Crippen molar-refractivity contribution in [3.8, 4) is 16.9 Å². The second-order valence-corrected chi connectivity index (χ2v) is 8.09. The van der Waals surface area contributed by atoms with Crippen molar-refractivity contribution in [2.75, 3.05) is 13.1 Å². The van der Waals surface area contributed by atoms with Gasteiger partial charge in [-0.25, -0.2) is 4.98 Å². The smallest absolute Gasteiger partial charge is 0.276 e. The van der Waals surface area contributed by atoms with Crippen LogP contribution in [0.5, 0.6) is 0 Å². The van der Waals surface area contributed by atoms with Gasteiger partial charge in [0.1, 0.15) is 0 Å². The Labute approximate surface area is 190 Å². The Bertz CT molecular complexity index is 1290. The molecule has 0 saturated carbocycles. The molecule has 1 aliphatic heterocycles. The first kappa shape index (κ1) is 20.7. The van der Waals surface area contributed by atoms with Crippen LogP contribution in [0.1, 0.15) is 23.3 Å². The van der Waals surface area contributed by atoms with E-state index in [4.69, 9.17) is 0 Å². The Balaban J connectivity index is 1.19. The summed E-state index contributed by atoms with van der Waals surface area (Å²) in [7, 11) is 0. The lowest BCUT2D eigenvalue weighted by Gasteiger charge is -2.31. The van der Waals surface area contributed by atoms with Crippen LogP contribution in [0.25, 0.3) is 16.9 Å². The maximum absolute atomic E-state index is 12.9. The number of benzene rings is 1. The first-order chi connectivity index (χ1) is 16.2. The summed E-state index contributed by atoms with van der Waals surface area (Å²) in [5, 5.41) is 8.57. The van der Waals surface area contributed by atoms with Crippen LogP contribution in [0, 0.1) is 5.92 Å². The maximum Gasteiger partial charge on any atom is 0.276 e. The molecule has 0 spiro atoms. The molecule has 0 aliphatic carbocycles. The van der Waals surface area contributed by atoms with Crippen LogP contribution in [-0.2, 0) is 6.54 Å². The van der Waals surface area contributed by atoms with E-state index in [0.717, 1.165) is 24.1 Å². The number of rotatable bonds is 5. The molecule has 33 heavy (non-hydrogen) atoms. The van der Waals surface area contributed by atoms with Gasteiger partial charge in [0.25, 0.3) is 11.5 Å². The van der Waals surface area contributed by atoms with Crippen LogP contribution in [0.15, 0.2) is 78.2 Å². The molecule has 4 aromatic rings. The molecule has 0 radical (unpaired) electrons. The number of pyridine rings is 1. The molecule has 4 heterocycles. The van der Waals surface area contributed by atoms with E-state index in [1.54, 1.807) is 29.4 Å². The zero-order chi connectivity index (χ0) is 22.6. The monoisotopic (exact) mass is 441 g/mol. The van der Waals surface area contributed by atoms with E-state index in [-0.39, 0.29) is 11.5 Å². The van der Waals surface area contributed by atoms with Gasteiger partial charge < -0.3 is 4.90 Å². The number of carbonyl (C=O) groups is 1. The zero-order valence-corrected chi connectivity index (χ0v) is 18.0. The molecule has 1 aliphatic rings.